The Morgan fingerprint density at radius 3 is 2.67 bits per heavy atom. The third-order valence-electron chi connectivity index (χ3n) is 7.44. The van der Waals surface area contributed by atoms with Crippen molar-refractivity contribution in [3.63, 3.8) is 0 Å². The van der Waals surface area contributed by atoms with Gasteiger partial charge >= 0.3 is 5.97 Å². The molecule has 6 rings (SSSR count). The molecule has 5 nitrogen and oxygen atoms in total. The first-order chi connectivity index (χ1) is 14.2. The number of nitrogens with one attached hydrogen (secondary N) is 1. The van der Waals surface area contributed by atoms with E-state index in [9.17, 15) is 9.90 Å². The van der Waals surface area contributed by atoms with Gasteiger partial charge in [0.05, 0.1) is 11.3 Å². The van der Waals surface area contributed by atoms with Crippen LogP contribution in [0.15, 0.2) is 12.3 Å². The highest BCUT2D eigenvalue weighted by Gasteiger charge is 2.54. The first-order valence-electron chi connectivity index (χ1n) is 11.6. The molecule has 5 aliphatic rings. The third-order valence-corrected chi connectivity index (χ3v) is 7.44. The lowest BCUT2D eigenvalue weighted by atomic mass is 9.52. The number of pyridine rings is 1. The third kappa shape index (κ3) is 3.77. The molecule has 2 N–H and O–H groups in total. The van der Waals surface area contributed by atoms with Gasteiger partial charge < -0.3 is 15.2 Å². The number of hydrogen-bond acceptors (Lipinski definition) is 5. The second kappa shape index (κ2) is 7.08. The molecule has 1 heterocycles. The zero-order valence-corrected chi connectivity index (χ0v) is 18.4. The fraction of sp³-hybridized carbons (Fsp3) is 0.680. The molecule has 0 aromatic carbocycles. The number of aryl methyl sites for hydroxylation is 1. The van der Waals surface area contributed by atoms with Gasteiger partial charge in [0.15, 0.2) is 0 Å². The van der Waals surface area contributed by atoms with E-state index in [0.29, 0.717) is 36.6 Å². The Bertz CT molecular complexity index is 869. The van der Waals surface area contributed by atoms with E-state index in [2.05, 4.69) is 22.5 Å². The Hall–Kier alpha value is -1.88. The lowest BCUT2D eigenvalue weighted by Crippen LogP contribution is -2.59. The summed E-state index contributed by atoms with van der Waals surface area (Å²) in [6.07, 6.45) is 13.4. The van der Waals surface area contributed by atoms with Gasteiger partial charge in [-0.1, -0.05) is 12.2 Å². The monoisotopic (exact) mass is 410 g/mol. The number of fused-ring (bicyclic) bond motifs is 1. The Morgan fingerprint density at radius 2 is 2.00 bits per heavy atom. The van der Waals surface area contributed by atoms with E-state index in [1.165, 1.54) is 18.4 Å². The Morgan fingerprint density at radius 1 is 1.27 bits per heavy atom. The van der Waals surface area contributed by atoms with Crippen LogP contribution < -0.4 is 5.32 Å². The lowest BCUT2D eigenvalue weighted by Gasteiger charge is -2.58. The van der Waals surface area contributed by atoms with Crippen LogP contribution in [0.1, 0.15) is 76.1 Å². The van der Waals surface area contributed by atoms with Gasteiger partial charge in [-0.2, -0.15) is 0 Å². The van der Waals surface area contributed by atoms with E-state index in [4.69, 9.17) is 4.74 Å². The van der Waals surface area contributed by atoms with Crippen LogP contribution in [0.25, 0.3) is 6.08 Å². The van der Waals surface area contributed by atoms with Crippen LogP contribution in [0.3, 0.4) is 0 Å². The summed E-state index contributed by atoms with van der Waals surface area (Å²) in [6, 6.07) is 0.405. The van der Waals surface area contributed by atoms with Crippen molar-refractivity contribution in [2.45, 2.75) is 89.4 Å². The SMILES string of the molecule is CC(C)(C)OC(=O)CCc1cnc2c(c1NC1C3CC4CC1CC(O)(C4)C3)C=CC2. The van der Waals surface area contributed by atoms with Crippen molar-refractivity contribution in [2.75, 3.05) is 5.32 Å². The second-order valence-corrected chi connectivity index (χ2v) is 11.1. The van der Waals surface area contributed by atoms with E-state index in [1.54, 1.807) is 0 Å². The molecule has 0 spiro atoms. The number of anilines is 1. The molecular weight excluding hydrogens is 376 g/mol. The van der Waals surface area contributed by atoms with E-state index < -0.39 is 11.2 Å². The molecule has 0 radical (unpaired) electrons. The fourth-order valence-electron chi connectivity index (χ4n) is 6.61. The molecule has 162 valence electrons. The van der Waals surface area contributed by atoms with Crippen LogP contribution in [-0.2, 0) is 22.4 Å². The average molecular weight is 411 g/mol. The van der Waals surface area contributed by atoms with E-state index >= 15 is 0 Å². The summed E-state index contributed by atoms with van der Waals surface area (Å²) in [4.78, 5) is 17.0. The number of ether oxygens (including phenoxy) is 1. The number of aromatic nitrogens is 1. The lowest BCUT2D eigenvalue weighted by molar-refractivity contribution is -0.154. The molecule has 5 aliphatic carbocycles. The van der Waals surface area contributed by atoms with Crippen LogP contribution in [-0.4, -0.2) is 33.3 Å². The van der Waals surface area contributed by atoms with Crippen molar-refractivity contribution < 1.29 is 14.6 Å². The first-order valence-corrected chi connectivity index (χ1v) is 11.6. The Balaban J connectivity index is 1.37. The standard InChI is InChI=1S/C25H34N2O3/c1-24(2,3)30-21(28)8-7-16-14-26-20-6-4-5-19(20)23(16)27-22-17-9-15-10-18(22)13-25(29,11-15)12-17/h4-5,14-15,17-18,22,29H,6-13H2,1-3H3,(H,26,27). The van der Waals surface area contributed by atoms with E-state index in [1.807, 2.05) is 27.0 Å². The van der Waals surface area contributed by atoms with E-state index in [-0.39, 0.29) is 5.97 Å². The van der Waals surface area contributed by atoms with Crippen molar-refractivity contribution in [1.82, 2.24) is 4.98 Å². The number of carbonyl (C=O) groups excluding carboxylic acids is 1. The normalized spacial score (nSPS) is 33.6. The molecule has 0 saturated heterocycles. The highest BCUT2D eigenvalue weighted by molar-refractivity contribution is 5.76. The molecule has 0 aliphatic heterocycles. The van der Waals surface area contributed by atoms with Crippen molar-refractivity contribution >= 4 is 17.7 Å². The van der Waals surface area contributed by atoms with Crippen molar-refractivity contribution in [3.05, 3.63) is 29.1 Å². The summed E-state index contributed by atoms with van der Waals surface area (Å²) in [7, 11) is 0. The Kier molecular flexibility index (Phi) is 4.73. The molecule has 4 bridgehead atoms. The molecule has 4 fully saturated rings. The van der Waals surface area contributed by atoms with Crippen molar-refractivity contribution in [1.29, 1.82) is 0 Å². The number of nitrogens with zero attached hydrogens (tertiary/aromatic N) is 1. The van der Waals surface area contributed by atoms with Crippen LogP contribution in [0.5, 0.6) is 0 Å². The van der Waals surface area contributed by atoms with E-state index in [0.717, 1.165) is 42.6 Å². The first kappa shape index (κ1) is 20.0. The summed E-state index contributed by atoms with van der Waals surface area (Å²) < 4.78 is 5.51. The van der Waals surface area contributed by atoms with Gasteiger partial charge in [0, 0.05) is 36.3 Å². The molecule has 2 unspecified atom stereocenters. The number of allylic oxidation sites excluding steroid dienone is 1. The predicted molar refractivity (Wildman–Crippen MR) is 117 cm³/mol. The molecule has 1 aromatic rings. The number of aliphatic hydroxyl groups is 1. The zero-order valence-electron chi connectivity index (χ0n) is 18.4. The van der Waals surface area contributed by atoms with Gasteiger partial charge in [0.25, 0.3) is 0 Å². The topological polar surface area (TPSA) is 71.5 Å². The maximum absolute atomic E-state index is 12.3. The maximum Gasteiger partial charge on any atom is 0.306 e. The minimum absolute atomic E-state index is 0.165. The van der Waals surface area contributed by atoms with Crippen LogP contribution in [0.4, 0.5) is 5.69 Å². The van der Waals surface area contributed by atoms with Gasteiger partial charge in [0.2, 0.25) is 0 Å². The molecule has 1 aromatic heterocycles. The number of esters is 1. The minimum atomic E-state index is -0.461. The van der Waals surface area contributed by atoms with Gasteiger partial charge in [-0.05, 0) is 82.6 Å². The molecule has 30 heavy (non-hydrogen) atoms. The van der Waals surface area contributed by atoms with Gasteiger partial charge in [0.1, 0.15) is 5.60 Å². The maximum atomic E-state index is 12.3. The van der Waals surface area contributed by atoms with Gasteiger partial charge in [-0.3, -0.25) is 9.78 Å². The predicted octanol–water partition coefficient (Wildman–Crippen LogP) is 4.28. The summed E-state index contributed by atoms with van der Waals surface area (Å²) in [5.41, 5.74) is 3.66. The zero-order chi connectivity index (χ0) is 21.1. The number of carbonyl (C=O) groups is 1. The van der Waals surface area contributed by atoms with Crippen molar-refractivity contribution in [2.24, 2.45) is 17.8 Å². The second-order valence-electron chi connectivity index (χ2n) is 11.1. The number of rotatable bonds is 5. The Labute approximate surface area is 179 Å². The highest BCUT2D eigenvalue weighted by atomic mass is 16.6. The van der Waals surface area contributed by atoms with Crippen molar-refractivity contribution in [3.8, 4) is 0 Å². The van der Waals surface area contributed by atoms with Crippen LogP contribution in [0, 0.1) is 17.8 Å². The molecule has 4 saturated carbocycles. The average Bonchev–Trinajstić information content (AvgIpc) is 3.09. The summed E-state index contributed by atoms with van der Waals surface area (Å²) in [6.45, 7) is 5.71. The van der Waals surface area contributed by atoms with Crippen LogP contribution in [0.2, 0.25) is 0 Å². The molecular formula is C25H34N2O3. The van der Waals surface area contributed by atoms with Crippen LogP contribution >= 0.6 is 0 Å². The smallest absolute Gasteiger partial charge is 0.306 e. The summed E-state index contributed by atoms with van der Waals surface area (Å²) in [5, 5.41) is 14.9. The van der Waals surface area contributed by atoms with Gasteiger partial charge in [-0.25, -0.2) is 0 Å². The number of hydrogen-bond donors (Lipinski definition) is 2. The summed E-state index contributed by atoms with van der Waals surface area (Å²) >= 11 is 0. The summed E-state index contributed by atoms with van der Waals surface area (Å²) in [5.74, 6) is 1.60. The van der Waals surface area contributed by atoms with Gasteiger partial charge in [-0.15, -0.1) is 0 Å². The molecule has 0 amide bonds. The molecule has 2 atom stereocenters. The fourth-order valence-corrected chi connectivity index (χ4v) is 6.61. The minimum Gasteiger partial charge on any atom is -0.460 e. The quantitative estimate of drug-likeness (QED) is 0.709. The molecule has 5 heteroatoms. The highest BCUT2D eigenvalue weighted by Crippen LogP contribution is 2.56. The largest absolute Gasteiger partial charge is 0.460 e.